The molecule has 1 atom stereocenters. The lowest BCUT2D eigenvalue weighted by Gasteiger charge is -2.30. The molecule has 1 fully saturated rings. The van der Waals surface area contributed by atoms with Crippen molar-refractivity contribution < 1.29 is 32.3 Å². The Hall–Kier alpha value is -2.48. The topological polar surface area (TPSA) is 72.1 Å². The Morgan fingerprint density at radius 3 is 2.36 bits per heavy atom. The summed E-state index contributed by atoms with van der Waals surface area (Å²) >= 11 is 14.7. The zero-order valence-electron chi connectivity index (χ0n) is 19.4. The van der Waals surface area contributed by atoms with Gasteiger partial charge in [0.25, 0.3) is 0 Å². The minimum atomic E-state index is -4.82. The fraction of sp³-hybridized carbons (Fsp3) is 0.348. The lowest BCUT2D eigenvalue weighted by atomic mass is 9.83. The van der Waals surface area contributed by atoms with E-state index in [9.17, 15) is 18.0 Å². The first kappa shape index (κ1) is 28.1. The molecule has 2 aromatic carbocycles. The minimum Gasteiger partial charge on any atom is -0.444 e. The highest BCUT2D eigenvalue weighted by atomic mass is 79.9. The Morgan fingerprint density at radius 1 is 1.11 bits per heavy atom. The van der Waals surface area contributed by atoms with Crippen LogP contribution in [0.2, 0.25) is 0 Å². The van der Waals surface area contributed by atoms with Gasteiger partial charge in [0.2, 0.25) is 0 Å². The average Bonchev–Trinajstić information content (AvgIpc) is 3.00. The maximum Gasteiger partial charge on any atom is 0.573 e. The molecule has 2 aromatic rings. The highest BCUT2D eigenvalue weighted by molar-refractivity contribution is 9.10. The number of alkyl halides is 3. The summed E-state index contributed by atoms with van der Waals surface area (Å²) in [5, 5.41) is 7.15. The number of benzene rings is 2. The number of hydroxylamine groups is 2. The molecular weight excluding hydrogens is 583 g/mol. The number of rotatable bonds is 7. The van der Waals surface area contributed by atoms with E-state index < -0.39 is 23.6 Å². The number of thiocarbonyl (C=S) groups is 2. The molecule has 0 aliphatic carbocycles. The van der Waals surface area contributed by atoms with Crippen molar-refractivity contribution in [2.24, 2.45) is 0 Å². The molecule has 2 N–H and O–H groups in total. The maximum absolute atomic E-state index is 12.6. The quantitative estimate of drug-likeness (QED) is 0.314. The van der Waals surface area contributed by atoms with E-state index in [4.69, 9.17) is 34.0 Å². The predicted octanol–water partition coefficient (Wildman–Crippen LogP) is 5.57. The number of alkyl carbamates (subject to hydrolysis) is 1. The van der Waals surface area contributed by atoms with Crippen LogP contribution in [0.25, 0.3) is 0 Å². The molecule has 0 radical (unpaired) electrons. The summed E-state index contributed by atoms with van der Waals surface area (Å²) in [6, 6.07) is 12.6. The fourth-order valence-corrected chi connectivity index (χ4v) is 4.60. The van der Waals surface area contributed by atoms with E-state index in [1.165, 1.54) is 29.3 Å². The van der Waals surface area contributed by atoms with E-state index in [1.807, 2.05) is 12.1 Å². The monoisotopic (exact) mass is 605 g/mol. The number of carbonyl (C=O) groups is 1. The second kappa shape index (κ2) is 10.9. The number of halogens is 4. The fourth-order valence-electron chi connectivity index (χ4n) is 3.42. The third-order valence-electron chi connectivity index (χ3n) is 4.75. The smallest absolute Gasteiger partial charge is 0.444 e. The molecule has 194 valence electrons. The van der Waals surface area contributed by atoms with Crippen LogP contribution < -0.4 is 15.4 Å². The van der Waals surface area contributed by atoms with E-state index >= 15 is 0 Å². The van der Waals surface area contributed by atoms with Gasteiger partial charge >= 0.3 is 12.5 Å². The summed E-state index contributed by atoms with van der Waals surface area (Å²) in [6.45, 7) is 5.38. The Balaban J connectivity index is 1.84. The Morgan fingerprint density at radius 2 is 1.78 bits per heavy atom. The Labute approximate surface area is 225 Å². The number of nitrogens with zero attached hydrogens (tertiary/aromatic N) is 1. The molecule has 1 unspecified atom stereocenters. The number of amides is 1. The van der Waals surface area contributed by atoms with Crippen molar-refractivity contribution in [3.05, 3.63) is 64.1 Å². The average molecular weight is 606 g/mol. The van der Waals surface area contributed by atoms with Gasteiger partial charge in [-0.25, -0.2) is 4.79 Å². The van der Waals surface area contributed by atoms with Gasteiger partial charge in [-0.1, -0.05) is 52.4 Å². The van der Waals surface area contributed by atoms with Gasteiger partial charge in [-0.05, 0) is 68.4 Å². The van der Waals surface area contributed by atoms with Gasteiger partial charge in [-0.2, -0.15) is 5.06 Å². The first-order chi connectivity index (χ1) is 16.7. The van der Waals surface area contributed by atoms with Gasteiger partial charge in [0.1, 0.15) is 21.9 Å². The van der Waals surface area contributed by atoms with Crippen molar-refractivity contribution in [3.8, 4) is 5.75 Å². The molecule has 0 spiro atoms. The number of ether oxygens (including phenoxy) is 2. The molecule has 36 heavy (non-hydrogen) atoms. The molecule has 13 heteroatoms. The van der Waals surface area contributed by atoms with Crippen LogP contribution in [-0.2, 0) is 15.1 Å². The van der Waals surface area contributed by atoms with Crippen LogP contribution in [-0.4, -0.2) is 46.4 Å². The van der Waals surface area contributed by atoms with Gasteiger partial charge in [0, 0.05) is 11.0 Å². The summed E-state index contributed by atoms with van der Waals surface area (Å²) in [5.41, 5.74) is -0.671. The summed E-state index contributed by atoms with van der Waals surface area (Å²) in [6.07, 6.45) is -5.41. The molecule has 0 saturated carbocycles. The summed E-state index contributed by atoms with van der Waals surface area (Å²) in [5.74, 6) is -0.372. The van der Waals surface area contributed by atoms with Crippen LogP contribution >= 0.6 is 40.4 Å². The highest BCUT2D eigenvalue weighted by Gasteiger charge is 2.50. The number of carbonyl (C=O) groups excluding carboxylic acids is 1. The highest BCUT2D eigenvalue weighted by Crippen LogP contribution is 2.39. The minimum absolute atomic E-state index is 0.0220. The van der Waals surface area contributed by atoms with Crippen LogP contribution in [0.5, 0.6) is 5.75 Å². The van der Waals surface area contributed by atoms with E-state index in [2.05, 4.69) is 31.3 Å². The molecule has 7 nitrogen and oxygen atoms in total. The van der Waals surface area contributed by atoms with Crippen molar-refractivity contribution >= 4 is 56.6 Å². The van der Waals surface area contributed by atoms with E-state index in [0.29, 0.717) is 11.1 Å². The van der Waals surface area contributed by atoms with Crippen molar-refractivity contribution in [2.75, 3.05) is 13.2 Å². The molecular formula is C23H23BrF3N3O4S2. The van der Waals surface area contributed by atoms with Crippen LogP contribution in [0, 0.1) is 0 Å². The van der Waals surface area contributed by atoms with Gasteiger partial charge < -0.3 is 20.1 Å². The van der Waals surface area contributed by atoms with Crippen LogP contribution in [0.4, 0.5) is 18.0 Å². The van der Waals surface area contributed by atoms with Gasteiger partial charge in [0.15, 0.2) is 5.11 Å². The Bertz CT molecular complexity index is 1140. The van der Waals surface area contributed by atoms with E-state index in [1.54, 1.807) is 32.9 Å². The van der Waals surface area contributed by atoms with Gasteiger partial charge in [0.05, 0.1) is 6.61 Å². The van der Waals surface area contributed by atoms with Crippen molar-refractivity contribution in [2.45, 2.75) is 38.3 Å². The standard InChI is InChI=1S/C23H23BrF3N3O4S2/c1-21(2,3)34-20(31)28-11-12-32-30-18(35)22(29-19(30)36,15-5-4-6-16(24)13-15)14-7-9-17(10-8-14)33-23(25,26)27/h4-10,13H,11-12H2,1-3H3,(H,28,31)(H,29,36). The van der Waals surface area contributed by atoms with Gasteiger partial charge in [-0.3, -0.25) is 4.84 Å². The van der Waals surface area contributed by atoms with Crippen molar-refractivity contribution in [1.82, 2.24) is 15.7 Å². The SMILES string of the molecule is CC(C)(C)OC(=O)NCCON1C(=S)NC(c2ccc(OC(F)(F)F)cc2)(c2cccc(Br)c2)C1=S. The first-order valence-corrected chi connectivity index (χ1v) is 12.2. The second-order valence-corrected chi connectivity index (χ2v) is 10.3. The zero-order chi connectivity index (χ0) is 26.7. The molecule has 0 aromatic heterocycles. The molecule has 1 aliphatic rings. The molecule has 3 rings (SSSR count). The van der Waals surface area contributed by atoms with Crippen LogP contribution in [0.15, 0.2) is 53.0 Å². The summed E-state index contributed by atoms with van der Waals surface area (Å²) < 4.78 is 47.8. The summed E-state index contributed by atoms with van der Waals surface area (Å²) in [4.78, 5) is 17.8. The van der Waals surface area contributed by atoms with Crippen molar-refractivity contribution in [3.63, 3.8) is 0 Å². The zero-order valence-corrected chi connectivity index (χ0v) is 22.7. The number of hydrogen-bond donors (Lipinski definition) is 2. The normalized spacial score (nSPS) is 18.1. The van der Waals surface area contributed by atoms with Gasteiger partial charge in [-0.15, -0.1) is 13.2 Å². The third kappa shape index (κ3) is 6.84. The molecule has 1 saturated heterocycles. The lowest BCUT2D eigenvalue weighted by molar-refractivity contribution is -0.274. The Kier molecular flexibility index (Phi) is 8.48. The second-order valence-electron chi connectivity index (χ2n) is 8.62. The molecule has 1 amide bonds. The third-order valence-corrected chi connectivity index (χ3v) is 5.99. The predicted molar refractivity (Wildman–Crippen MR) is 138 cm³/mol. The van der Waals surface area contributed by atoms with E-state index in [0.717, 1.165) is 4.47 Å². The molecule has 0 bridgehead atoms. The van der Waals surface area contributed by atoms with Crippen LogP contribution in [0.1, 0.15) is 31.9 Å². The summed E-state index contributed by atoms with van der Waals surface area (Å²) in [7, 11) is 0. The number of nitrogens with one attached hydrogen (secondary N) is 2. The van der Waals surface area contributed by atoms with E-state index in [-0.39, 0.29) is 29.0 Å². The number of hydrogen-bond acceptors (Lipinski definition) is 6. The largest absolute Gasteiger partial charge is 0.573 e. The maximum atomic E-state index is 12.6. The van der Waals surface area contributed by atoms with Crippen molar-refractivity contribution in [1.29, 1.82) is 0 Å². The molecule has 1 heterocycles. The lowest BCUT2D eigenvalue weighted by Crippen LogP contribution is -2.44. The first-order valence-electron chi connectivity index (χ1n) is 10.6. The van der Waals surface area contributed by atoms with Crippen LogP contribution in [0.3, 0.4) is 0 Å². The molecule has 1 aliphatic heterocycles.